The maximum Gasteiger partial charge on any atom is 0.257 e. The highest BCUT2D eigenvalue weighted by Crippen LogP contribution is 2.34. The lowest BCUT2D eigenvalue weighted by Crippen LogP contribution is -2.45. The van der Waals surface area contributed by atoms with Gasteiger partial charge in [0.1, 0.15) is 0 Å². The van der Waals surface area contributed by atoms with Crippen LogP contribution in [0.5, 0.6) is 0 Å². The van der Waals surface area contributed by atoms with Crippen molar-refractivity contribution in [2.75, 3.05) is 19.7 Å². The van der Waals surface area contributed by atoms with E-state index in [9.17, 15) is 9.59 Å². The standard InChI is InChI=1S/C24H30N4O3/c29-22-11-12-31-21-16-27(15-20(21)28(22)14-17-7-3-1-4-8-17)24(30)19-13-25-26-23(19)18-9-5-2-6-10-18/h1,3-4,7-8,13,18,20-21H,2,5-6,9-12,14-16H2,(H,25,26)/t20-,21-/m0/s1. The zero-order valence-corrected chi connectivity index (χ0v) is 17.8. The lowest BCUT2D eigenvalue weighted by atomic mass is 9.85. The summed E-state index contributed by atoms with van der Waals surface area (Å²) in [6.07, 6.45) is 7.81. The van der Waals surface area contributed by atoms with Crippen molar-refractivity contribution in [2.24, 2.45) is 0 Å². The molecule has 3 fully saturated rings. The number of amides is 2. The molecular weight excluding hydrogens is 392 g/mol. The monoisotopic (exact) mass is 422 g/mol. The predicted octanol–water partition coefficient (Wildman–Crippen LogP) is 3.10. The zero-order chi connectivity index (χ0) is 21.2. The van der Waals surface area contributed by atoms with Crippen molar-refractivity contribution in [3.05, 3.63) is 53.3 Å². The second-order valence-corrected chi connectivity index (χ2v) is 8.98. The number of aromatic amines is 1. The van der Waals surface area contributed by atoms with Gasteiger partial charge in [-0.25, -0.2) is 0 Å². The molecule has 3 heterocycles. The summed E-state index contributed by atoms with van der Waals surface area (Å²) in [5, 5.41) is 7.32. The van der Waals surface area contributed by atoms with Crippen LogP contribution in [0.15, 0.2) is 36.5 Å². The topological polar surface area (TPSA) is 78.5 Å². The molecule has 7 heteroatoms. The van der Waals surface area contributed by atoms with Gasteiger partial charge in [0.2, 0.25) is 5.91 Å². The van der Waals surface area contributed by atoms with Gasteiger partial charge in [-0.15, -0.1) is 0 Å². The van der Waals surface area contributed by atoms with Gasteiger partial charge in [-0.3, -0.25) is 14.7 Å². The van der Waals surface area contributed by atoms with Crippen LogP contribution in [0.4, 0.5) is 0 Å². The average molecular weight is 423 g/mol. The summed E-state index contributed by atoms with van der Waals surface area (Å²) in [5.74, 6) is 0.477. The highest BCUT2D eigenvalue weighted by molar-refractivity contribution is 5.95. The maximum absolute atomic E-state index is 13.5. The Labute approximate surface area is 182 Å². The molecule has 2 aromatic rings. The first-order chi connectivity index (χ1) is 15.2. The van der Waals surface area contributed by atoms with E-state index in [0.29, 0.717) is 44.1 Å². The van der Waals surface area contributed by atoms with E-state index in [1.54, 1.807) is 6.20 Å². The molecule has 7 nitrogen and oxygen atoms in total. The van der Waals surface area contributed by atoms with Gasteiger partial charge < -0.3 is 14.5 Å². The Morgan fingerprint density at radius 3 is 2.74 bits per heavy atom. The van der Waals surface area contributed by atoms with Crippen LogP contribution in [0.3, 0.4) is 0 Å². The number of nitrogens with one attached hydrogen (secondary N) is 1. The van der Waals surface area contributed by atoms with E-state index in [4.69, 9.17) is 4.74 Å². The predicted molar refractivity (Wildman–Crippen MR) is 115 cm³/mol. The van der Waals surface area contributed by atoms with E-state index in [0.717, 1.165) is 24.1 Å². The molecule has 0 unspecified atom stereocenters. The highest BCUT2D eigenvalue weighted by atomic mass is 16.5. The molecule has 1 N–H and O–H groups in total. The van der Waals surface area contributed by atoms with Crippen molar-refractivity contribution in [2.45, 2.75) is 63.1 Å². The Morgan fingerprint density at radius 1 is 1.13 bits per heavy atom. The smallest absolute Gasteiger partial charge is 0.257 e. The van der Waals surface area contributed by atoms with Gasteiger partial charge in [0.25, 0.3) is 5.91 Å². The lowest BCUT2D eigenvalue weighted by Gasteiger charge is -2.29. The molecule has 1 aromatic heterocycles. The first-order valence-corrected chi connectivity index (χ1v) is 11.5. The van der Waals surface area contributed by atoms with Crippen molar-refractivity contribution >= 4 is 11.8 Å². The van der Waals surface area contributed by atoms with Crippen LogP contribution in [-0.4, -0.2) is 63.7 Å². The molecule has 164 valence electrons. The van der Waals surface area contributed by atoms with Crippen LogP contribution in [0.25, 0.3) is 0 Å². The molecule has 5 rings (SSSR count). The van der Waals surface area contributed by atoms with Crippen molar-refractivity contribution < 1.29 is 14.3 Å². The summed E-state index contributed by atoms with van der Waals surface area (Å²) in [7, 11) is 0. The van der Waals surface area contributed by atoms with Gasteiger partial charge in [0, 0.05) is 25.6 Å². The normalized spacial score (nSPS) is 24.8. The molecule has 2 amide bonds. The van der Waals surface area contributed by atoms with Crippen LogP contribution in [0, 0.1) is 0 Å². The Morgan fingerprint density at radius 2 is 1.94 bits per heavy atom. The van der Waals surface area contributed by atoms with Crippen molar-refractivity contribution in [1.82, 2.24) is 20.0 Å². The third-order valence-corrected chi connectivity index (χ3v) is 7.00. The Balaban J connectivity index is 1.34. The number of rotatable bonds is 4. The van der Waals surface area contributed by atoms with Gasteiger partial charge >= 0.3 is 0 Å². The number of nitrogens with zero attached hydrogens (tertiary/aromatic N) is 3. The first-order valence-electron chi connectivity index (χ1n) is 11.5. The number of aromatic nitrogens is 2. The number of hydrogen-bond donors (Lipinski definition) is 1. The molecule has 2 atom stereocenters. The van der Waals surface area contributed by atoms with Crippen LogP contribution in [0.2, 0.25) is 0 Å². The van der Waals surface area contributed by atoms with Gasteiger partial charge in [-0.1, -0.05) is 49.6 Å². The zero-order valence-electron chi connectivity index (χ0n) is 17.8. The van der Waals surface area contributed by atoms with E-state index in [2.05, 4.69) is 10.2 Å². The number of hydrogen-bond acceptors (Lipinski definition) is 4. The molecule has 0 radical (unpaired) electrons. The third-order valence-electron chi connectivity index (χ3n) is 7.00. The van der Waals surface area contributed by atoms with Crippen LogP contribution in [-0.2, 0) is 16.1 Å². The van der Waals surface area contributed by atoms with E-state index in [-0.39, 0.29) is 24.0 Å². The summed E-state index contributed by atoms with van der Waals surface area (Å²) in [4.78, 5) is 30.1. The number of ether oxygens (including phenoxy) is 1. The summed E-state index contributed by atoms with van der Waals surface area (Å²) < 4.78 is 6.03. The first kappa shape index (κ1) is 20.2. The fourth-order valence-corrected chi connectivity index (χ4v) is 5.34. The minimum absolute atomic E-state index is 0.00175. The second-order valence-electron chi connectivity index (χ2n) is 8.98. The van der Waals surface area contributed by atoms with E-state index in [1.807, 2.05) is 40.1 Å². The van der Waals surface area contributed by atoms with Crippen molar-refractivity contribution in [3.8, 4) is 0 Å². The fourth-order valence-electron chi connectivity index (χ4n) is 5.34. The van der Waals surface area contributed by atoms with Gasteiger partial charge in [0.15, 0.2) is 0 Å². The fraction of sp³-hybridized carbons (Fsp3) is 0.542. The molecule has 3 aliphatic rings. The molecule has 0 spiro atoms. The molecule has 2 saturated heterocycles. The number of carbonyl (C=O) groups is 2. The molecular formula is C24H30N4O3. The second kappa shape index (κ2) is 8.83. The Kier molecular flexibility index (Phi) is 5.76. The van der Waals surface area contributed by atoms with Crippen LogP contribution in [0.1, 0.15) is 66.1 Å². The van der Waals surface area contributed by atoms with Gasteiger partial charge in [-0.05, 0) is 18.4 Å². The SMILES string of the molecule is O=C(c1cn[nH]c1C1CCCCC1)N1C[C@@H]2OCCC(=O)N(Cc3ccccc3)[C@H]2C1. The number of carbonyl (C=O) groups excluding carboxylic acids is 2. The summed E-state index contributed by atoms with van der Waals surface area (Å²) in [6, 6.07) is 9.90. The molecule has 2 aliphatic heterocycles. The quantitative estimate of drug-likeness (QED) is 0.821. The molecule has 0 bridgehead atoms. The van der Waals surface area contributed by atoms with E-state index < -0.39 is 0 Å². The number of benzene rings is 1. The molecule has 1 aliphatic carbocycles. The van der Waals surface area contributed by atoms with Crippen LogP contribution >= 0.6 is 0 Å². The van der Waals surface area contributed by atoms with Crippen molar-refractivity contribution in [3.63, 3.8) is 0 Å². The minimum Gasteiger partial charge on any atom is -0.374 e. The minimum atomic E-state index is -0.149. The molecule has 1 saturated carbocycles. The van der Waals surface area contributed by atoms with Crippen LogP contribution < -0.4 is 0 Å². The lowest BCUT2D eigenvalue weighted by molar-refractivity contribution is -0.133. The summed E-state index contributed by atoms with van der Waals surface area (Å²) in [5.41, 5.74) is 2.76. The van der Waals surface area contributed by atoms with E-state index >= 15 is 0 Å². The number of likely N-dealkylation sites (tertiary alicyclic amines) is 1. The summed E-state index contributed by atoms with van der Waals surface area (Å²) in [6.45, 7) is 1.96. The maximum atomic E-state index is 13.5. The Bertz CT molecular complexity index is 922. The number of fused-ring (bicyclic) bond motifs is 1. The average Bonchev–Trinajstić information content (AvgIpc) is 3.43. The number of H-pyrrole nitrogens is 1. The van der Waals surface area contributed by atoms with E-state index in [1.165, 1.54) is 19.3 Å². The summed E-state index contributed by atoms with van der Waals surface area (Å²) >= 11 is 0. The Hall–Kier alpha value is -2.67. The molecule has 1 aromatic carbocycles. The third kappa shape index (κ3) is 4.11. The van der Waals surface area contributed by atoms with Gasteiger partial charge in [-0.2, -0.15) is 5.10 Å². The largest absolute Gasteiger partial charge is 0.374 e. The highest BCUT2D eigenvalue weighted by Gasteiger charge is 2.43. The molecule has 31 heavy (non-hydrogen) atoms. The van der Waals surface area contributed by atoms with Crippen molar-refractivity contribution in [1.29, 1.82) is 0 Å². The van der Waals surface area contributed by atoms with Gasteiger partial charge in [0.05, 0.1) is 42.6 Å².